The number of amidine groups is 2. The standard InChI is InChI=1S/C31H32N4O3.2ClH/c1(2-17-36-26-10-7-22(8-11-26)30-32-13-14-33-30)3-18-37-27-6-4-5-23(20-27)29-21-25-19-24(9-12-28(25)38-29)31-34-15-16-35-31;;/h4-12,19-21H,1-3,13-18H2,(H,32,33)(H,34,35);2*1H. The van der Waals surface area contributed by atoms with Crippen LogP contribution in [-0.4, -0.2) is 51.1 Å². The second-order valence-corrected chi connectivity index (χ2v) is 9.49. The summed E-state index contributed by atoms with van der Waals surface area (Å²) >= 11 is 0. The third-order valence-corrected chi connectivity index (χ3v) is 6.71. The maximum absolute atomic E-state index is 6.13. The van der Waals surface area contributed by atoms with Crippen LogP contribution in [0.2, 0.25) is 0 Å². The van der Waals surface area contributed by atoms with Gasteiger partial charge in [0.2, 0.25) is 0 Å². The first kappa shape index (κ1) is 29.3. The summed E-state index contributed by atoms with van der Waals surface area (Å²) in [6, 6.07) is 24.5. The van der Waals surface area contributed by atoms with Gasteiger partial charge in [-0.1, -0.05) is 12.1 Å². The molecular weight excluding hydrogens is 547 g/mol. The smallest absolute Gasteiger partial charge is 0.135 e. The molecule has 3 aromatic carbocycles. The van der Waals surface area contributed by atoms with Crippen LogP contribution in [0.3, 0.4) is 0 Å². The molecule has 0 saturated carbocycles. The van der Waals surface area contributed by atoms with E-state index < -0.39 is 0 Å². The topological polar surface area (TPSA) is 80.4 Å². The van der Waals surface area contributed by atoms with E-state index in [-0.39, 0.29) is 24.8 Å². The van der Waals surface area contributed by atoms with Crippen LogP contribution in [0.4, 0.5) is 0 Å². The van der Waals surface area contributed by atoms with Crippen molar-refractivity contribution in [2.24, 2.45) is 9.98 Å². The van der Waals surface area contributed by atoms with Crippen LogP contribution >= 0.6 is 24.8 Å². The lowest BCUT2D eigenvalue weighted by molar-refractivity contribution is 0.279. The predicted molar refractivity (Wildman–Crippen MR) is 166 cm³/mol. The van der Waals surface area contributed by atoms with Crippen molar-refractivity contribution in [2.45, 2.75) is 19.3 Å². The van der Waals surface area contributed by atoms with Gasteiger partial charge in [-0.2, -0.15) is 0 Å². The minimum Gasteiger partial charge on any atom is -0.494 e. The summed E-state index contributed by atoms with van der Waals surface area (Å²) in [5, 5.41) is 7.69. The predicted octanol–water partition coefficient (Wildman–Crippen LogP) is 6.27. The summed E-state index contributed by atoms with van der Waals surface area (Å²) in [5.41, 5.74) is 4.08. The Morgan fingerprint density at radius 3 is 2.02 bits per heavy atom. The van der Waals surface area contributed by atoms with Gasteiger partial charge in [0.1, 0.15) is 34.5 Å². The molecule has 0 atom stereocenters. The number of halogens is 2. The van der Waals surface area contributed by atoms with Crippen LogP contribution in [0, 0.1) is 0 Å². The average Bonchev–Trinajstić information content (AvgIpc) is 3.74. The van der Waals surface area contributed by atoms with Crippen molar-refractivity contribution >= 4 is 47.5 Å². The monoisotopic (exact) mass is 580 g/mol. The summed E-state index contributed by atoms with van der Waals surface area (Å²) in [7, 11) is 0. The van der Waals surface area contributed by atoms with Gasteiger partial charge >= 0.3 is 0 Å². The highest BCUT2D eigenvalue weighted by molar-refractivity contribution is 6.02. The molecular formula is C31H34Cl2N4O3. The van der Waals surface area contributed by atoms with E-state index in [2.05, 4.69) is 57.0 Å². The molecule has 40 heavy (non-hydrogen) atoms. The number of unbranched alkanes of at least 4 members (excludes halogenated alkanes) is 2. The first-order valence-electron chi connectivity index (χ1n) is 13.4. The van der Waals surface area contributed by atoms with Gasteiger partial charge in [-0.15, -0.1) is 24.8 Å². The zero-order chi connectivity index (χ0) is 25.6. The van der Waals surface area contributed by atoms with Gasteiger partial charge in [0.15, 0.2) is 0 Å². The zero-order valence-corrected chi connectivity index (χ0v) is 23.9. The number of benzene rings is 3. The SMILES string of the molecule is Cl.Cl.c1cc(OCCCCCOc2ccc(C3=NCCN3)cc2)cc(-c2cc3cc(C4=NCCN4)ccc3o2)c1. The molecule has 7 nitrogen and oxygen atoms in total. The van der Waals surface area contributed by atoms with Crippen LogP contribution in [0.15, 0.2) is 87.2 Å². The molecule has 0 radical (unpaired) electrons. The van der Waals surface area contributed by atoms with E-state index in [1.807, 2.05) is 36.4 Å². The minimum atomic E-state index is 0. The summed E-state index contributed by atoms with van der Waals surface area (Å²) in [4.78, 5) is 8.96. The normalized spacial score (nSPS) is 13.9. The molecule has 0 spiro atoms. The molecule has 210 valence electrons. The van der Waals surface area contributed by atoms with Crippen molar-refractivity contribution in [2.75, 3.05) is 39.4 Å². The molecule has 2 N–H and O–H groups in total. The number of nitrogens with zero attached hydrogens (tertiary/aromatic N) is 2. The van der Waals surface area contributed by atoms with Crippen LogP contribution in [-0.2, 0) is 0 Å². The number of fused-ring (bicyclic) bond motifs is 1. The van der Waals surface area contributed by atoms with Gasteiger partial charge < -0.3 is 24.5 Å². The number of hydrogen-bond donors (Lipinski definition) is 2. The molecule has 3 heterocycles. The van der Waals surface area contributed by atoms with Crippen molar-refractivity contribution in [1.29, 1.82) is 0 Å². The molecule has 0 bridgehead atoms. The molecule has 9 heteroatoms. The number of nitrogens with one attached hydrogen (secondary N) is 2. The molecule has 4 aromatic rings. The Kier molecular flexibility index (Phi) is 10.3. The fourth-order valence-corrected chi connectivity index (χ4v) is 4.72. The van der Waals surface area contributed by atoms with Gasteiger partial charge in [0, 0.05) is 35.2 Å². The fraction of sp³-hybridized carbons (Fsp3) is 0.290. The Morgan fingerprint density at radius 2 is 1.32 bits per heavy atom. The van der Waals surface area contributed by atoms with Crippen LogP contribution in [0.5, 0.6) is 11.5 Å². The highest BCUT2D eigenvalue weighted by Gasteiger charge is 2.12. The van der Waals surface area contributed by atoms with E-state index in [0.717, 1.165) is 102 Å². The average molecular weight is 582 g/mol. The number of hydrogen-bond acceptors (Lipinski definition) is 7. The highest BCUT2D eigenvalue weighted by Crippen LogP contribution is 2.30. The van der Waals surface area contributed by atoms with Crippen LogP contribution in [0.1, 0.15) is 30.4 Å². The third-order valence-electron chi connectivity index (χ3n) is 6.71. The van der Waals surface area contributed by atoms with Gasteiger partial charge in [-0.3, -0.25) is 9.98 Å². The summed E-state index contributed by atoms with van der Waals surface area (Å²) in [6.07, 6.45) is 3.01. The molecule has 0 fully saturated rings. The second kappa shape index (κ2) is 14.1. The molecule has 6 rings (SSSR count). The fourth-order valence-electron chi connectivity index (χ4n) is 4.72. The molecule has 2 aliphatic rings. The van der Waals surface area contributed by atoms with E-state index in [4.69, 9.17) is 13.9 Å². The maximum Gasteiger partial charge on any atom is 0.135 e. The Balaban J connectivity index is 0.00000185. The van der Waals surface area contributed by atoms with Gasteiger partial charge in [0.25, 0.3) is 0 Å². The lowest BCUT2D eigenvalue weighted by Crippen LogP contribution is -2.19. The van der Waals surface area contributed by atoms with Gasteiger partial charge in [-0.25, -0.2) is 0 Å². The van der Waals surface area contributed by atoms with Gasteiger partial charge in [-0.05, 0) is 79.9 Å². The van der Waals surface area contributed by atoms with Crippen molar-refractivity contribution in [3.63, 3.8) is 0 Å². The molecule has 1 aromatic heterocycles. The molecule has 0 aliphatic carbocycles. The van der Waals surface area contributed by atoms with E-state index in [1.165, 1.54) is 0 Å². The van der Waals surface area contributed by atoms with Gasteiger partial charge in [0.05, 0.1) is 26.3 Å². The van der Waals surface area contributed by atoms with Crippen LogP contribution in [0.25, 0.3) is 22.3 Å². The second-order valence-electron chi connectivity index (χ2n) is 9.49. The highest BCUT2D eigenvalue weighted by atomic mass is 35.5. The Labute approximate surface area is 246 Å². The van der Waals surface area contributed by atoms with E-state index in [0.29, 0.717) is 13.2 Å². The lowest BCUT2D eigenvalue weighted by Gasteiger charge is -2.09. The first-order chi connectivity index (χ1) is 18.8. The first-order valence-corrected chi connectivity index (χ1v) is 13.4. The van der Waals surface area contributed by atoms with Crippen molar-refractivity contribution < 1.29 is 13.9 Å². The minimum absolute atomic E-state index is 0. The Morgan fingerprint density at radius 1 is 0.650 bits per heavy atom. The Bertz CT molecular complexity index is 1470. The number of ether oxygens (including phenoxy) is 2. The molecule has 0 amide bonds. The van der Waals surface area contributed by atoms with Crippen molar-refractivity contribution in [3.05, 3.63) is 83.9 Å². The molecule has 0 unspecified atom stereocenters. The number of furan rings is 1. The number of rotatable bonds is 11. The molecule has 2 aliphatic heterocycles. The summed E-state index contributed by atoms with van der Waals surface area (Å²) in [5.74, 6) is 4.51. The zero-order valence-electron chi connectivity index (χ0n) is 22.2. The van der Waals surface area contributed by atoms with Crippen molar-refractivity contribution in [3.8, 4) is 22.8 Å². The largest absolute Gasteiger partial charge is 0.494 e. The summed E-state index contributed by atoms with van der Waals surface area (Å²) < 4.78 is 18.1. The quantitative estimate of drug-likeness (QED) is 0.204. The Hall–Kier alpha value is -3.68. The van der Waals surface area contributed by atoms with Crippen molar-refractivity contribution in [1.82, 2.24) is 10.6 Å². The maximum atomic E-state index is 6.13. The molecule has 0 saturated heterocycles. The van der Waals surface area contributed by atoms with E-state index >= 15 is 0 Å². The lowest BCUT2D eigenvalue weighted by atomic mass is 10.1. The van der Waals surface area contributed by atoms with E-state index in [1.54, 1.807) is 0 Å². The number of aliphatic imine (C=N–C) groups is 2. The summed E-state index contributed by atoms with van der Waals surface area (Å²) in [6.45, 7) is 4.86. The third kappa shape index (κ3) is 7.09. The van der Waals surface area contributed by atoms with E-state index in [9.17, 15) is 0 Å². The van der Waals surface area contributed by atoms with Crippen LogP contribution < -0.4 is 20.1 Å².